The SMILES string of the molecule is C#C[C@@](C)(Oc1ccc(C=O)cc1)[C@H](NC(=O)OCc1ccccc1)C(=O)NCC(=O)OC. The van der Waals surface area contributed by atoms with Gasteiger partial charge in [0, 0.05) is 5.56 Å². The maximum Gasteiger partial charge on any atom is 0.408 e. The highest BCUT2D eigenvalue weighted by Crippen LogP contribution is 2.22. The van der Waals surface area contributed by atoms with Crippen LogP contribution in [0.2, 0.25) is 0 Å². The summed E-state index contributed by atoms with van der Waals surface area (Å²) in [5.74, 6) is 1.15. The predicted octanol–water partition coefficient (Wildman–Crippen LogP) is 1.85. The monoisotopic (exact) mass is 452 g/mol. The average Bonchev–Trinajstić information content (AvgIpc) is 2.85. The van der Waals surface area contributed by atoms with Gasteiger partial charge < -0.3 is 24.8 Å². The van der Waals surface area contributed by atoms with Crippen molar-refractivity contribution in [3.05, 3.63) is 65.7 Å². The Morgan fingerprint density at radius 3 is 2.36 bits per heavy atom. The maximum absolute atomic E-state index is 12.9. The number of esters is 1. The lowest BCUT2D eigenvalue weighted by Crippen LogP contribution is -2.61. The number of ether oxygens (including phenoxy) is 3. The third kappa shape index (κ3) is 7.40. The molecule has 2 amide bonds. The number of aldehydes is 1. The molecule has 0 aliphatic heterocycles. The van der Waals surface area contributed by atoms with Gasteiger partial charge in [0.25, 0.3) is 0 Å². The molecule has 33 heavy (non-hydrogen) atoms. The van der Waals surface area contributed by atoms with Gasteiger partial charge in [-0.15, -0.1) is 6.42 Å². The number of carbonyl (C=O) groups is 4. The van der Waals surface area contributed by atoms with E-state index in [-0.39, 0.29) is 12.4 Å². The highest BCUT2D eigenvalue weighted by Gasteiger charge is 2.42. The second kappa shape index (κ2) is 11.9. The third-order valence-corrected chi connectivity index (χ3v) is 4.56. The fourth-order valence-corrected chi connectivity index (χ4v) is 2.70. The van der Waals surface area contributed by atoms with E-state index in [0.29, 0.717) is 11.8 Å². The number of hydrogen-bond acceptors (Lipinski definition) is 7. The quantitative estimate of drug-likeness (QED) is 0.321. The van der Waals surface area contributed by atoms with Crippen molar-refractivity contribution >= 4 is 24.3 Å². The molecule has 2 N–H and O–H groups in total. The van der Waals surface area contributed by atoms with Crippen LogP contribution in [0.5, 0.6) is 5.75 Å². The van der Waals surface area contributed by atoms with E-state index in [2.05, 4.69) is 21.3 Å². The van der Waals surface area contributed by atoms with Crippen LogP contribution in [0.15, 0.2) is 54.6 Å². The van der Waals surface area contributed by atoms with Crippen LogP contribution in [0.4, 0.5) is 4.79 Å². The van der Waals surface area contributed by atoms with E-state index in [0.717, 1.165) is 5.56 Å². The standard InChI is InChI=1S/C24H24N2O7/c1-4-24(2,33-19-12-10-17(15-27)11-13-19)21(22(29)25-14-20(28)31-3)26-23(30)32-16-18-8-6-5-7-9-18/h1,5-13,15,21H,14,16H2,2-3H3,(H,25,29)(H,26,30)/t21-,24-/m1/s1. The molecule has 9 heteroatoms. The van der Waals surface area contributed by atoms with Crippen LogP contribution >= 0.6 is 0 Å². The van der Waals surface area contributed by atoms with Gasteiger partial charge in [-0.3, -0.25) is 14.4 Å². The molecule has 0 aliphatic carbocycles. The molecule has 0 unspecified atom stereocenters. The maximum atomic E-state index is 12.9. The van der Waals surface area contributed by atoms with Crippen molar-refractivity contribution in [3.63, 3.8) is 0 Å². The molecule has 0 saturated heterocycles. The summed E-state index contributed by atoms with van der Waals surface area (Å²) < 4.78 is 15.5. The van der Waals surface area contributed by atoms with E-state index in [9.17, 15) is 19.2 Å². The molecule has 0 aromatic heterocycles. The smallest absolute Gasteiger partial charge is 0.408 e. The van der Waals surface area contributed by atoms with Gasteiger partial charge in [0.1, 0.15) is 25.2 Å². The van der Waals surface area contributed by atoms with Crippen molar-refractivity contribution in [1.82, 2.24) is 10.6 Å². The Morgan fingerprint density at radius 2 is 1.79 bits per heavy atom. The van der Waals surface area contributed by atoms with Crippen molar-refractivity contribution < 1.29 is 33.4 Å². The van der Waals surface area contributed by atoms with Crippen molar-refractivity contribution in [2.75, 3.05) is 13.7 Å². The predicted molar refractivity (Wildman–Crippen MR) is 118 cm³/mol. The number of alkyl carbamates (subject to hydrolysis) is 1. The summed E-state index contributed by atoms with van der Waals surface area (Å²) in [7, 11) is 1.17. The summed E-state index contributed by atoms with van der Waals surface area (Å²) in [4.78, 5) is 47.6. The van der Waals surface area contributed by atoms with Gasteiger partial charge in [0.2, 0.25) is 5.91 Å². The molecule has 2 aromatic rings. The topological polar surface area (TPSA) is 120 Å². The zero-order valence-corrected chi connectivity index (χ0v) is 18.2. The van der Waals surface area contributed by atoms with Crippen LogP contribution in [0.1, 0.15) is 22.8 Å². The molecule has 2 rings (SSSR count). The second-order valence-electron chi connectivity index (χ2n) is 6.97. The number of hydrogen-bond donors (Lipinski definition) is 2. The minimum Gasteiger partial charge on any atom is -0.472 e. The first-order valence-electron chi connectivity index (χ1n) is 9.85. The number of nitrogens with one attached hydrogen (secondary N) is 2. The van der Waals surface area contributed by atoms with Crippen LogP contribution in [0.25, 0.3) is 0 Å². The first-order chi connectivity index (χ1) is 15.8. The molecule has 0 saturated carbocycles. The van der Waals surface area contributed by atoms with Gasteiger partial charge in [0.15, 0.2) is 11.6 Å². The van der Waals surface area contributed by atoms with Gasteiger partial charge >= 0.3 is 12.1 Å². The molecular weight excluding hydrogens is 428 g/mol. The summed E-state index contributed by atoms with van der Waals surface area (Å²) in [6.07, 6.45) is 5.42. The highest BCUT2D eigenvalue weighted by molar-refractivity contribution is 5.90. The fraction of sp³-hybridized carbons (Fsp3) is 0.250. The van der Waals surface area contributed by atoms with Crippen LogP contribution in [-0.2, 0) is 25.7 Å². The van der Waals surface area contributed by atoms with Gasteiger partial charge in [-0.05, 0) is 36.8 Å². The molecular formula is C24H24N2O7. The van der Waals surface area contributed by atoms with Crippen molar-refractivity contribution in [3.8, 4) is 18.1 Å². The number of benzene rings is 2. The summed E-state index contributed by atoms with van der Waals surface area (Å²) >= 11 is 0. The van der Waals surface area contributed by atoms with E-state index in [1.807, 2.05) is 6.07 Å². The van der Waals surface area contributed by atoms with Crippen molar-refractivity contribution in [2.24, 2.45) is 0 Å². The van der Waals surface area contributed by atoms with Crippen LogP contribution in [0, 0.1) is 12.3 Å². The van der Waals surface area contributed by atoms with Crippen LogP contribution < -0.4 is 15.4 Å². The lowest BCUT2D eigenvalue weighted by molar-refractivity contribution is -0.141. The van der Waals surface area contributed by atoms with Gasteiger partial charge in [-0.1, -0.05) is 36.3 Å². The van der Waals surface area contributed by atoms with Gasteiger partial charge in [-0.2, -0.15) is 0 Å². The molecule has 2 atom stereocenters. The molecule has 0 fully saturated rings. The molecule has 172 valence electrons. The summed E-state index contributed by atoms with van der Waals surface area (Å²) in [6, 6.07) is 13.5. The fourth-order valence-electron chi connectivity index (χ4n) is 2.70. The molecule has 0 spiro atoms. The van der Waals surface area contributed by atoms with E-state index < -0.39 is 36.2 Å². The van der Waals surface area contributed by atoms with Gasteiger partial charge in [-0.25, -0.2) is 4.79 Å². The Balaban J connectivity index is 2.21. The number of methoxy groups -OCH3 is 1. The lowest BCUT2D eigenvalue weighted by atomic mass is 9.96. The summed E-state index contributed by atoms with van der Waals surface area (Å²) in [6.45, 7) is 0.936. The van der Waals surface area contributed by atoms with E-state index in [4.69, 9.17) is 15.9 Å². The van der Waals surface area contributed by atoms with Crippen molar-refractivity contribution in [1.29, 1.82) is 0 Å². The first-order valence-corrected chi connectivity index (χ1v) is 9.85. The zero-order valence-electron chi connectivity index (χ0n) is 18.2. The molecule has 0 heterocycles. The second-order valence-corrected chi connectivity index (χ2v) is 6.97. The summed E-state index contributed by atoms with van der Waals surface area (Å²) in [5.41, 5.74) is -0.528. The van der Waals surface area contributed by atoms with Crippen LogP contribution in [0.3, 0.4) is 0 Å². The highest BCUT2D eigenvalue weighted by atomic mass is 16.6. The Labute approximate surface area is 191 Å². The minimum absolute atomic E-state index is 0.0377. The zero-order chi connectivity index (χ0) is 24.3. The Kier molecular flexibility index (Phi) is 9.00. The first kappa shape index (κ1) is 24.9. The number of carbonyl (C=O) groups excluding carboxylic acids is 4. The number of amides is 2. The molecule has 9 nitrogen and oxygen atoms in total. The molecule has 0 aliphatic rings. The molecule has 2 aromatic carbocycles. The Bertz CT molecular complexity index is 1020. The number of rotatable bonds is 10. The molecule has 0 radical (unpaired) electrons. The lowest BCUT2D eigenvalue weighted by Gasteiger charge is -2.33. The Hall–Kier alpha value is -4.32. The van der Waals surface area contributed by atoms with Crippen molar-refractivity contribution in [2.45, 2.75) is 25.2 Å². The van der Waals surface area contributed by atoms with E-state index in [1.165, 1.54) is 38.3 Å². The minimum atomic E-state index is -1.69. The number of terminal acetylenes is 1. The van der Waals surface area contributed by atoms with E-state index >= 15 is 0 Å². The third-order valence-electron chi connectivity index (χ3n) is 4.56. The normalized spacial score (nSPS) is 12.8. The summed E-state index contributed by atoms with van der Waals surface area (Å²) in [5, 5.41) is 4.77. The average molecular weight is 452 g/mol. The largest absolute Gasteiger partial charge is 0.472 e. The van der Waals surface area contributed by atoms with Gasteiger partial charge in [0.05, 0.1) is 7.11 Å². The van der Waals surface area contributed by atoms with E-state index in [1.54, 1.807) is 24.3 Å². The molecule has 0 bridgehead atoms. The van der Waals surface area contributed by atoms with Crippen LogP contribution in [-0.4, -0.2) is 49.6 Å². The Morgan fingerprint density at radius 1 is 1.12 bits per heavy atom.